The van der Waals surface area contributed by atoms with Gasteiger partial charge in [-0.3, -0.25) is 4.79 Å². The van der Waals surface area contributed by atoms with E-state index in [1.807, 2.05) is 19.1 Å². The Morgan fingerprint density at radius 2 is 1.71 bits per heavy atom. The monoisotopic (exact) mass is 587 g/mol. The molecule has 0 bridgehead atoms. The number of rotatable bonds is 19. The fourth-order valence-electron chi connectivity index (χ4n) is 4.47. The number of anilines is 1. The first-order chi connectivity index (χ1) is 20.1. The highest BCUT2D eigenvalue weighted by Gasteiger charge is 2.18. The third kappa shape index (κ3) is 16.1. The highest BCUT2D eigenvalue weighted by Crippen LogP contribution is 2.21. The maximum absolute atomic E-state index is 12.7. The lowest BCUT2D eigenvalue weighted by Gasteiger charge is -2.25. The van der Waals surface area contributed by atoms with E-state index in [1.54, 1.807) is 14.0 Å². The second-order valence-corrected chi connectivity index (χ2v) is 11.1. The molecule has 0 saturated carbocycles. The molecular weight excluding hydrogens is 530 g/mol. The minimum atomic E-state index is -0.107. The summed E-state index contributed by atoms with van der Waals surface area (Å²) in [6, 6.07) is 12.5. The van der Waals surface area contributed by atoms with Gasteiger partial charge in [0.05, 0.1) is 19.8 Å². The Balaban J connectivity index is 0.00000281. The van der Waals surface area contributed by atoms with Crippen LogP contribution in [0.4, 0.5) is 5.69 Å². The number of nitrogens with two attached hydrogens (primary N) is 1. The van der Waals surface area contributed by atoms with Crippen LogP contribution in [0.3, 0.4) is 0 Å². The van der Waals surface area contributed by atoms with Gasteiger partial charge in [-0.1, -0.05) is 38.5 Å². The van der Waals surface area contributed by atoms with E-state index in [1.165, 1.54) is 11.1 Å². The van der Waals surface area contributed by atoms with Crippen LogP contribution in [0.1, 0.15) is 75.1 Å². The van der Waals surface area contributed by atoms with Crippen molar-refractivity contribution in [2.45, 2.75) is 92.3 Å². The van der Waals surface area contributed by atoms with Crippen LogP contribution in [-0.2, 0) is 20.9 Å². The minimum Gasteiger partial charge on any atom is -0.493 e. The van der Waals surface area contributed by atoms with E-state index in [0.29, 0.717) is 45.3 Å². The molecule has 5 N–H and O–H groups in total. The number of carbonyl (C=O) groups is 1. The van der Waals surface area contributed by atoms with E-state index in [2.05, 4.69) is 62.6 Å². The maximum atomic E-state index is 12.7. The summed E-state index contributed by atoms with van der Waals surface area (Å²) >= 11 is 0. The van der Waals surface area contributed by atoms with Crippen molar-refractivity contribution >= 4 is 11.6 Å². The van der Waals surface area contributed by atoms with Crippen LogP contribution in [0.25, 0.3) is 0 Å². The fourth-order valence-corrected chi connectivity index (χ4v) is 4.47. The summed E-state index contributed by atoms with van der Waals surface area (Å²) < 4.78 is 16.8. The fraction of sp³-hybridized carbons (Fsp3) is 0.618. The molecule has 0 radical (unpaired) electrons. The summed E-state index contributed by atoms with van der Waals surface area (Å²) in [5, 5.41) is 14.3. The second kappa shape index (κ2) is 22.0. The zero-order valence-corrected chi connectivity index (χ0v) is 27.1. The number of carbonyl (C=O) groups excluding carboxylic acids is 1. The van der Waals surface area contributed by atoms with Crippen molar-refractivity contribution in [1.29, 1.82) is 0 Å². The summed E-state index contributed by atoms with van der Waals surface area (Å²) in [5.74, 6) is 1.33. The molecule has 1 amide bonds. The van der Waals surface area contributed by atoms with Crippen LogP contribution in [-0.4, -0.2) is 63.2 Å². The van der Waals surface area contributed by atoms with Crippen LogP contribution < -0.4 is 21.1 Å². The van der Waals surface area contributed by atoms with E-state index in [9.17, 15) is 4.79 Å². The summed E-state index contributed by atoms with van der Waals surface area (Å²) in [6.07, 6.45) is 3.80. The van der Waals surface area contributed by atoms with Crippen molar-refractivity contribution in [3.8, 4) is 5.75 Å². The number of amides is 1. The molecule has 2 rings (SSSR count). The van der Waals surface area contributed by atoms with Gasteiger partial charge in [-0.15, -0.1) is 0 Å². The normalized spacial score (nSPS) is 13.0. The number of nitrogens with one attached hydrogen (secondary N) is 2. The minimum absolute atomic E-state index is 0.0729. The van der Waals surface area contributed by atoms with E-state index in [0.717, 1.165) is 48.2 Å². The molecular formula is C34H57N3O5. The SMILES string of the molecule is CCO.CC[C@H](C)C(CNc1cc(C)cc(C)c1)NC(=O)CCCC(N)COCc1ccc(C)c(OCCCOC)c1. The first-order valence-corrected chi connectivity index (χ1v) is 15.4. The number of ether oxygens (including phenoxy) is 3. The highest BCUT2D eigenvalue weighted by molar-refractivity contribution is 5.76. The Morgan fingerprint density at radius 3 is 2.36 bits per heavy atom. The summed E-state index contributed by atoms with van der Waals surface area (Å²) in [4.78, 5) is 12.7. The van der Waals surface area contributed by atoms with Gasteiger partial charge in [-0.2, -0.15) is 0 Å². The number of methoxy groups -OCH3 is 1. The molecule has 0 aliphatic heterocycles. The van der Waals surface area contributed by atoms with Crippen LogP contribution in [0.15, 0.2) is 36.4 Å². The number of benzene rings is 2. The predicted octanol–water partition coefficient (Wildman–Crippen LogP) is 5.68. The lowest BCUT2D eigenvalue weighted by molar-refractivity contribution is -0.122. The Hall–Kier alpha value is -2.65. The van der Waals surface area contributed by atoms with Crippen molar-refractivity contribution in [1.82, 2.24) is 5.32 Å². The molecule has 238 valence electrons. The van der Waals surface area contributed by atoms with Crippen LogP contribution in [0.2, 0.25) is 0 Å². The summed E-state index contributed by atoms with van der Waals surface area (Å²) in [5.41, 5.74) is 12.0. The highest BCUT2D eigenvalue weighted by atomic mass is 16.5. The smallest absolute Gasteiger partial charge is 0.220 e. The molecule has 8 heteroatoms. The average Bonchev–Trinajstić information content (AvgIpc) is 2.94. The average molecular weight is 588 g/mol. The third-order valence-electron chi connectivity index (χ3n) is 7.01. The zero-order valence-electron chi connectivity index (χ0n) is 27.1. The molecule has 0 heterocycles. The molecule has 8 nitrogen and oxygen atoms in total. The van der Waals surface area contributed by atoms with Gasteiger partial charge in [0.25, 0.3) is 0 Å². The lowest BCUT2D eigenvalue weighted by atomic mass is 9.98. The van der Waals surface area contributed by atoms with E-state index < -0.39 is 0 Å². The maximum Gasteiger partial charge on any atom is 0.220 e. The first kappa shape index (κ1) is 37.4. The zero-order chi connectivity index (χ0) is 31.3. The molecule has 2 aromatic carbocycles. The van der Waals surface area contributed by atoms with E-state index in [4.69, 9.17) is 25.1 Å². The van der Waals surface area contributed by atoms with Crippen LogP contribution in [0, 0.1) is 26.7 Å². The molecule has 0 fully saturated rings. The first-order valence-electron chi connectivity index (χ1n) is 15.4. The Kier molecular flexibility index (Phi) is 19.5. The van der Waals surface area contributed by atoms with Gasteiger partial charge in [0.1, 0.15) is 5.75 Å². The molecule has 0 aromatic heterocycles. The van der Waals surface area contributed by atoms with Gasteiger partial charge in [0, 0.05) is 57.5 Å². The van der Waals surface area contributed by atoms with Gasteiger partial charge in [-0.05, 0) is 86.9 Å². The Bertz CT molecular complexity index is 996. The summed E-state index contributed by atoms with van der Waals surface area (Å²) in [6.45, 7) is 15.5. The molecule has 2 unspecified atom stereocenters. The van der Waals surface area contributed by atoms with Gasteiger partial charge < -0.3 is 35.7 Å². The Morgan fingerprint density at radius 1 is 1.02 bits per heavy atom. The van der Waals surface area contributed by atoms with Gasteiger partial charge in [0.15, 0.2) is 0 Å². The third-order valence-corrected chi connectivity index (χ3v) is 7.01. The molecule has 0 saturated heterocycles. The topological polar surface area (TPSA) is 115 Å². The molecule has 0 spiro atoms. The number of aliphatic hydroxyl groups excluding tert-OH is 1. The van der Waals surface area contributed by atoms with Crippen molar-refractivity contribution in [3.63, 3.8) is 0 Å². The van der Waals surface area contributed by atoms with Gasteiger partial charge >= 0.3 is 0 Å². The van der Waals surface area contributed by atoms with E-state index in [-0.39, 0.29) is 24.6 Å². The quantitative estimate of drug-likeness (QED) is 0.156. The largest absolute Gasteiger partial charge is 0.493 e. The molecule has 3 atom stereocenters. The van der Waals surface area contributed by atoms with Crippen molar-refractivity contribution in [2.24, 2.45) is 11.7 Å². The van der Waals surface area contributed by atoms with Crippen molar-refractivity contribution in [3.05, 3.63) is 58.7 Å². The lowest BCUT2D eigenvalue weighted by Crippen LogP contribution is -2.44. The molecule has 42 heavy (non-hydrogen) atoms. The van der Waals surface area contributed by atoms with E-state index >= 15 is 0 Å². The van der Waals surface area contributed by atoms with Crippen LogP contribution >= 0.6 is 0 Å². The standard InChI is InChI=1S/C32H51N3O4.C2H6O/c1-7-25(4)30(20-34-29-17-23(2)16-24(3)18-29)35-32(36)11-8-10-28(33)22-38-21-27-13-12-26(5)31(19-27)39-15-9-14-37-6;1-2-3/h12-13,16-19,25,28,30,34H,7-11,14-15,20-22,33H2,1-6H3,(H,35,36);3H,2H2,1H3/t25-,28?,30?;/m0./s1. The van der Waals surface area contributed by atoms with Crippen LogP contribution in [0.5, 0.6) is 5.75 Å². The molecule has 2 aromatic rings. The number of hydrogen-bond donors (Lipinski definition) is 4. The second-order valence-electron chi connectivity index (χ2n) is 11.1. The Labute approximate surface area is 254 Å². The number of aliphatic hydroxyl groups is 1. The van der Waals surface area contributed by atoms with Crippen molar-refractivity contribution in [2.75, 3.05) is 45.4 Å². The van der Waals surface area contributed by atoms with Gasteiger partial charge in [-0.25, -0.2) is 0 Å². The molecule has 0 aliphatic rings. The number of hydrogen-bond acceptors (Lipinski definition) is 7. The molecule has 0 aliphatic carbocycles. The predicted molar refractivity (Wildman–Crippen MR) is 173 cm³/mol. The van der Waals surface area contributed by atoms with Crippen molar-refractivity contribution < 1.29 is 24.1 Å². The number of aryl methyl sites for hydroxylation is 3. The summed E-state index contributed by atoms with van der Waals surface area (Å²) in [7, 11) is 1.69. The van der Waals surface area contributed by atoms with Gasteiger partial charge in [0.2, 0.25) is 5.91 Å².